The van der Waals surface area contributed by atoms with E-state index in [1.807, 2.05) is 18.2 Å². The van der Waals surface area contributed by atoms with Gasteiger partial charge in [0.1, 0.15) is 5.75 Å². The number of halogens is 1. The van der Waals surface area contributed by atoms with Gasteiger partial charge in [0.05, 0.1) is 7.11 Å². The van der Waals surface area contributed by atoms with E-state index in [-0.39, 0.29) is 11.9 Å². The number of carbonyl (C=O) groups is 1. The Morgan fingerprint density at radius 1 is 1.47 bits per heavy atom. The fraction of sp³-hybridized carbons (Fsp3) is 0.500. The van der Waals surface area contributed by atoms with Crippen molar-refractivity contribution < 1.29 is 9.53 Å². The van der Waals surface area contributed by atoms with E-state index >= 15 is 0 Å². The Balaban J connectivity index is 2.54. The van der Waals surface area contributed by atoms with Crippen molar-refractivity contribution in [3.8, 4) is 5.75 Å². The predicted octanol–water partition coefficient (Wildman–Crippen LogP) is 2.59. The highest BCUT2D eigenvalue weighted by Crippen LogP contribution is 2.27. The first-order chi connectivity index (χ1) is 8.95. The van der Waals surface area contributed by atoms with Gasteiger partial charge in [-0.05, 0) is 24.6 Å². The molecule has 106 valence electrons. The van der Waals surface area contributed by atoms with Crippen LogP contribution in [0.1, 0.15) is 24.9 Å². The molecule has 1 amide bonds. The second-order valence-electron chi connectivity index (χ2n) is 4.60. The summed E-state index contributed by atoms with van der Waals surface area (Å²) < 4.78 is 6.17. The third kappa shape index (κ3) is 4.84. The van der Waals surface area contributed by atoms with Gasteiger partial charge in [0.25, 0.3) is 0 Å². The van der Waals surface area contributed by atoms with Gasteiger partial charge in [0.2, 0.25) is 5.91 Å². The first-order valence-electron chi connectivity index (χ1n) is 6.22. The van der Waals surface area contributed by atoms with Crippen LogP contribution in [0.4, 0.5) is 0 Å². The van der Waals surface area contributed by atoms with Crippen molar-refractivity contribution in [1.29, 1.82) is 0 Å². The van der Waals surface area contributed by atoms with Crippen LogP contribution < -0.4 is 10.1 Å². The molecule has 1 aromatic carbocycles. The second-order valence-corrected chi connectivity index (χ2v) is 5.46. The molecule has 1 rings (SSSR count). The standard InChI is InChI=1S/C14H21BrN2O2/c1-10(16-8-7-14(18)17(2)3)12-6-5-11(19-4)9-13(12)15/h5-6,9-10,16H,7-8H2,1-4H3. The fourth-order valence-electron chi connectivity index (χ4n) is 1.72. The van der Waals surface area contributed by atoms with Gasteiger partial charge in [-0.25, -0.2) is 0 Å². The Morgan fingerprint density at radius 3 is 2.68 bits per heavy atom. The summed E-state index contributed by atoms with van der Waals surface area (Å²) in [4.78, 5) is 13.1. The summed E-state index contributed by atoms with van der Waals surface area (Å²) in [5, 5.41) is 3.34. The molecule has 1 aromatic rings. The number of amides is 1. The van der Waals surface area contributed by atoms with Gasteiger partial charge in [0.15, 0.2) is 0 Å². The normalized spacial score (nSPS) is 12.1. The van der Waals surface area contributed by atoms with Gasteiger partial charge >= 0.3 is 0 Å². The van der Waals surface area contributed by atoms with Crippen molar-refractivity contribution in [3.63, 3.8) is 0 Å². The molecule has 0 aliphatic rings. The van der Waals surface area contributed by atoms with Crippen LogP contribution in [0.15, 0.2) is 22.7 Å². The molecule has 0 heterocycles. The minimum Gasteiger partial charge on any atom is -0.497 e. The van der Waals surface area contributed by atoms with E-state index in [9.17, 15) is 4.79 Å². The highest BCUT2D eigenvalue weighted by Gasteiger charge is 2.11. The van der Waals surface area contributed by atoms with E-state index in [0.717, 1.165) is 15.8 Å². The Hall–Kier alpha value is -1.07. The summed E-state index contributed by atoms with van der Waals surface area (Å²) in [6.45, 7) is 2.74. The number of methoxy groups -OCH3 is 1. The maximum absolute atomic E-state index is 11.5. The van der Waals surface area contributed by atoms with Crippen molar-refractivity contribution in [1.82, 2.24) is 10.2 Å². The van der Waals surface area contributed by atoms with Crippen molar-refractivity contribution in [2.75, 3.05) is 27.7 Å². The van der Waals surface area contributed by atoms with Crippen LogP contribution in [0.5, 0.6) is 5.75 Å². The molecule has 0 aliphatic heterocycles. The monoisotopic (exact) mass is 328 g/mol. The zero-order chi connectivity index (χ0) is 14.4. The molecule has 1 unspecified atom stereocenters. The molecule has 1 N–H and O–H groups in total. The highest BCUT2D eigenvalue weighted by molar-refractivity contribution is 9.10. The van der Waals surface area contributed by atoms with E-state index < -0.39 is 0 Å². The van der Waals surface area contributed by atoms with Gasteiger partial charge in [-0.1, -0.05) is 22.0 Å². The number of nitrogens with zero attached hydrogens (tertiary/aromatic N) is 1. The topological polar surface area (TPSA) is 41.6 Å². The van der Waals surface area contributed by atoms with Crippen LogP contribution in [0.3, 0.4) is 0 Å². The van der Waals surface area contributed by atoms with Crippen LogP contribution in [0, 0.1) is 0 Å². The molecule has 0 spiro atoms. The molecule has 0 bridgehead atoms. The Bertz CT molecular complexity index is 435. The van der Waals surface area contributed by atoms with E-state index in [0.29, 0.717) is 13.0 Å². The molecule has 19 heavy (non-hydrogen) atoms. The van der Waals surface area contributed by atoms with Crippen molar-refractivity contribution >= 4 is 21.8 Å². The lowest BCUT2D eigenvalue weighted by Gasteiger charge is -2.17. The minimum absolute atomic E-state index is 0.133. The number of nitrogens with one attached hydrogen (secondary N) is 1. The van der Waals surface area contributed by atoms with Crippen LogP contribution in [-0.4, -0.2) is 38.6 Å². The minimum atomic E-state index is 0.133. The Kier molecular flexibility index (Phi) is 6.31. The maximum Gasteiger partial charge on any atom is 0.223 e. The lowest BCUT2D eigenvalue weighted by Crippen LogP contribution is -2.28. The summed E-state index contributed by atoms with van der Waals surface area (Å²) >= 11 is 3.54. The second kappa shape index (κ2) is 7.50. The highest BCUT2D eigenvalue weighted by atomic mass is 79.9. The molecule has 0 aliphatic carbocycles. The maximum atomic E-state index is 11.5. The number of carbonyl (C=O) groups excluding carboxylic acids is 1. The molecule has 0 saturated heterocycles. The molecule has 1 atom stereocenters. The third-order valence-corrected chi connectivity index (χ3v) is 3.65. The molecular formula is C14H21BrN2O2. The number of benzene rings is 1. The predicted molar refractivity (Wildman–Crippen MR) is 80.4 cm³/mol. The van der Waals surface area contributed by atoms with Crippen LogP contribution in [0.2, 0.25) is 0 Å². The number of ether oxygens (including phenoxy) is 1. The molecule has 0 saturated carbocycles. The number of hydrogen-bond donors (Lipinski definition) is 1. The first kappa shape index (κ1) is 16.0. The summed E-state index contributed by atoms with van der Waals surface area (Å²) in [5.74, 6) is 0.958. The van der Waals surface area contributed by atoms with E-state index in [1.54, 1.807) is 26.1 Å². The third-order valence-electron chi connectivity index (χ3n) is 2.96. The van der Waals surface area contributed by atoms with Gasteiger partial charge in [-0.15, -0.1) is 0 Å². The Morgan fingerprint density at radius 2 is 2.16 bits per heavy atom. The average Bonchev–Trinajstić information content (AvgIpc) is 2.37. The quantitative estimate of drug-likeness (QED) is 0.872. The zero-order valence-electron chi connectivity index (χ0n) is 11.9. The fourth-order valence-corrected chi connectivity index (χ4v) is 2.42. The van der Waals surface area contributed by atoms with E-state index in [1.165, 1.54) is 0 Å². The van der Waals surface area contributed by atoms with Crippen molar-refractivity contribution in [3.05, 3.63) is 28.2 Å². The van der Waals surface area contributed by atoms with Gasteiger partial charge in [-0.2, -0.15) is 0 Å². The van der Waals surface area contributed by atoms with Crippen LogP contribution in [-0.2, 0) is 4.79 Å². The molecule has 4 nitrogen and oxygen atoms in total. The molecular weight excluding hydrogens is 308 g/mol. The van der Waals surface area contributed by atoms with Gasteiger partial charge < -0.3 is 15.0 Å². The molecule has 0 radical (unpaired) electrons. The van der Waals surface area contributed by atoms with Gasteiger partial charge in [0, 0.05) is 37.6 Å². The molecule has 5 heteroatoms. The first-order valence-corrected chi connectivity index (χ1v) is 7.02. The summed E-state index contributed by atoms with van der Waals surface area (Å²) in [5.41, 5.74) is 1.15. The summed E-state index contributed by atoms with van der Waals surface area (Å²) in [6, 6.07) is 6.08. The smallest absolute Gasteiger partial charge is 0.223 e. The molecule has 0 aromatic heterocycles. The average molecular weight is 329 g/mol. The summed E-state index contributed by atoms with van der Waals surface area (Å²) in [6.07, 6.45) is 0.505. The number of rotatable bonds is 6. The molecule has 0 fully saturated rings. The lowest BCUT2D eigenvalue weighted by molar-refractivity contribution is -0.128. The van der Waals surface area contributed by atoms with Crippen LogP contribution in [0.25, 0.3) is 0 Å². The SMILES string of the molecule is COc1ccc(C(C)NCCC(=O)N(C)C)c(Br)c1. The largest absolute Gasteiger partial charge is 0.497 e. The van der Waals surface area contributed by atoms with Crippen LogP contribution >= 0.6 is 15.9 Å². The van der Waals surface area contributed by atoms with Crippen molar-refractivity contribution in [2.24, 2.45) is 0 Å². The van der Waals surface area contributed by atoms with Crippen molar-refractivity contribution in [2.45, 2.75) is 19.4 Å². The lowest BCUT2D eigenvalue weighted by atomic mass is 10.1. The zero-order valence-corrected chi connectivity index (χ0v) is 13.5. The Labute approximate surface area is 123 Å². The van der Waals surface area contributed by atoms with E-state index in [4.69, 9.17) is 4.74 Å². The summed E-state index contributed by atoms with van der Waals surface area (Å²) in [7, 11) is 5.19. The van der Waals surface area contributed by atoms with Gasteiger partial charge in [-0.3, -0.25) is 4.79 Å². The van der Waals surface area contributed by atoms with E-state index in [2.05, 4.69) is 28.2 Å². The number of hydrogen-bond acceptors (Lipinski definition) is 3.